The summed E-state index contributed by atoms with van der Waals surface area (Å²) in [7, 11) is 3.14. The van der Waals surface area contributed by atoms with Crippen LogP contribution in [0, 0.1) is 0 Å². The Morgan fingerprint density at radius 2 is 1.61 bits per heavy atom. The minimum Gasteiger partial charge on any atom is -0.493 e. The monoisotopic (exact) mass is 288 g/mol. The molecule has 0 saturated carbocycles. The highest BCUT2D eigenvalue weighted by Gasteiger charge is 2.34. The first kappa shape index (κ1) is 13.4. The summed E-state index contributed by atoms with van der Waals surface area (Å²) in [5, 5.41) is 0.952. The third-order valence-electron chi connectivity index (χ3n) is 2.81. The molecule has 1 aromatic carbocycles. The van der Waals surface area contributed by atoms with Crippen LogP contribution in [0.2, 0.25) is 0 Å². The first-order chi connectivity index (χ1) is 8.40. The van der Waals surface area contributed by atoms with E-state index in [9.17, 15) is 0 Å². The van der Waals surface area contributed by atoms with Crippen LogP contribution in [0.15, 0.2) is 17.2 Å². The highest BCUT2D eigenvalue weighted by molar-refractivity contribution is 6.55. The van der Waals surface area contributed by atoms with E-state index in [1.165, 1.54) is 0 Å². The van der Waals surface area contributed by atoms with E-state index in [2.05, 4.69) is 0 Å². The highest BCUT2D eigenvalue weighted by atomic mass is 35.5. The molecule has 0 saturated heterocycles. The lowest BCUT2D eigenvalue weighted by atomic mass is 10.0. The molecular weight excluding hydrogens is 275 g/mol. The van der Waals surface area contributed by atoms with Gasteiger partial charge < -0.3 is 14.2 Å². The lowest BCUT2D eigenvalue weighted by Gasteiger charge is -2.32. The summed E-state index contributed by atoms with van der Waals surface area (Å²) in [6.45, 7) is 3.72. The van der Waals surface area contributed by atoms with E-state index in [1.54, 1.807) is 26.4 Å². The van der Waals surface area contributed by atoms with Crippen LogP contribution in [0.1, 0.15) is 19.4 Å². The van der Waals surface area contributed by atoms with Gasteiger partial charge in [-0.3, -0.25) is 0 Å². The van der Waals surface area contributed by atoms with Crippen LogP contribution >= 0.6 is 23.2 Å². The van der Waals surface area contributed by atoms with Crippen LogP contribution in [0.5, 0.6) is 17.2 Å². The summed E-state index contributed by atoms with van der Waals surface area (Å²) in [4.78, 5) is 0. The van der Waals surface area contributed by atoms with Crippen molar-refractivity contribution in [3.8, 4) is 17.2 Å². The summed E-state index contributed by atoms with van der Waals surface area (Å²) in [5.74, 6) is 1.81. The second-order valence-electron chi connectivity index (χ2n) is 4.44. The summed E-state index contributed by atoms with van der Waals surface area (Å²) in [6, 6.07) is 3.51. The van der Waals surface area contributed by atoms with E-state index >= 15 is 0 Å². The molecule has 98 valence electrons. The number of rotatable bonds is 2. The van der Waals surface area contributed by atoms with Crippen molar-refractivity contribution in [1.82, 2.24) is 0 Å². The predicted octanol–water partition coefficient (Wildman–Crippen LogP) is 4.02. The lowest BCUT2D eigenvalue weighted by molar-refractivity contribution is 0.152. The molecule has 18 heavy (non-hydrogen) atoms. The Morgan fingerprint density at radius 1 is 1.06 bits per heavy atom. The maximum absolute atomic E-state index is 6.28. The molecular formula is C13H14Cl2O3. The number of benzene rings is 1. The maximum Gasteiger partial charge on any atom is 0.164 e. The van der Waals surface area contributed by atoms with Crippen molar-refractivity contribution in [2.45, 2.75) is 19.4 Å². The van der Waals surface area contributed by atoms with Gasteiger partial charge in [0, 0.05) is 11.6 Å². The van der Waals surface area contributed by atoms with Gasteiger partial charge >= 0.3 is 0 Å². The van der Waals surface area contributed by atoms with Crippen LogP contribution < -0.4 is 14.2 Å². The smallest absolute Gasteiger partial charge is 0.164 e. The molecule has 0 N–H and O–H groups in total. The number of fused-ring (bicyclic) bond motifs is 1. The van der Waals surface area contributed by atoms with E-state index < -0.39 is 5.60 Å². The van der Waals surface area contributed by atoms with Crippen LogP contribution in [0.4, 0.5) is 0 Å². The van der Waals surface area contributed by atoms with Gasteiger partial charge in [-0.05, 0) is 19.9 Å². The Bertz CT molecular complexity index is 521. The molecule has 0 spiro atoms. The molecule has 1 aliphatic heterocycles. The normalized spacial score (nSPS) is 17.0. The summed E-state index contributed by atoms with van der Waals surface area (Å²) < 4.78 is 16.3. The van der Waals surface area contributed by atoms with Gasteiger partial charge in [0.2, 0.25) is 0 Å². The molecule has 0 amide bonds. The van der Waals surface area contributed by atoms with Crippen LogP contribution in [-0.4, -0.2) is 19.8 Å². The van der Waals surface area contributed by atoms with Gasteiger partial charge in [-0.15, -0.1) is 0 Å². The van der Waals surface area contributed by atoms with E-state index in [0.717, 1.165) is 0 Å². The van der Waals surface area contributed by atoms with Crippen molar-refractivity contribution in [2.24, 2.45) is 0 Å². The summed E-state index contributed by atoms with van der Waals surface area (Å²) in [6.07, 6.45) is 0. The fourth-order valence-electron chi connectivity index (χ4n) is 1.82. The minimum absolute atomic E-state index is 0.476. The van der Waals surface area contributed by atoms with Gasteiger partial charge in [-0.1, -0.05) is 23.2 Å². The largest absolute Gasteiger partial charge is 0.493 e. The lowest BCUT2D eigenvalue weighted by Crippen LogP contribution is -2.32. The second kappa shape index (κ2) is 4.56. The van der Waals surface area contributed by atoms with E-state index in [4.69, 9.17) is 37.4 Å². The summed E-state index contributed by atoms with van der Waals surface area (Å²) in [5.41, 5.74) is 0.0595. The van der Waals surface area contributed by atoms with Crippen molar-refractivity contribution in [2.75, 3.05) is 14.2 Å². The third kappa shape index (κ3) is 2.02. The molecule has 3 nitrogen and oxygen atoms in total. The Labute approximate surface area is 116 Å². The third-order valence-corrected chi connectivity index (χ3v) is 3.94. The standard InChI is InChI=1S/C13H14Cl2O3/c1-13(2)12(15)11(14)7-5-9(16-3)10(17-4)6-8(7)18-13/h5-6H,1-4H3. The zero-order chi connectivity index (χ0) is 13.5. The van der Waals surface area contributed by atoms with Crippen molar-refractivity contribution in [3.63, 3.8) is 0 Å². The van der Waals surface area contributed by atoms with Gasteiger partial charge in [0.15, 0.2) is 11.5 Å². The van der Waals surface area contributed by atoms with Gasteiger partial charge in [-0.2, -0.15) is 0 Å². The molecule has 5 heteroatoms. The first-order valence-corrected chi connectivity index (χ1v) is 6.17. The Kier molecular flexibility index (Phi) is 3.39. The molecule has 1 aromatic rings. The molecule has 0 aliphatic carbocycles. The maximum atomic E-state index is 6.28. The predicted molar refractivity (Wildman–Crippen MR) is 72.9 cm³/mol. The zero-order valence-corrected chi connectivity index (χ0v) is 12.1. The average molecular weight is 289 g/mol. The molecule has 0 radical (unpaired) electrons. The van der Waals surface area contributed by atoms with Gasteiger partial charge in [-0.25, -0.2) is 0 Å². The topological polar surface area (TPSA) is 27.7 Å². The van der Waals surface area contributed by atoms with Crippen LogP contribution in [0.3, 0.4) is 0 Å². The highest BCUT2D eigenvalue weighted by Crippen LogP contribution is 2.48. The number of hydrogen-bond acceptors (Lipinski definition) is 3. The molecule has 1 aliphatic rings. The molecule has 2 rings (SSSR count). The van der Waals surface area contributed by atoms with E-state index in [0.29, 0.717) is 32.9 Å². The van der Waals surface area contributed by atoms with E-state index in [-0.39, 0.29) is 0 Å². The molecule has 0 unspecified atom stereocenters. The van der Waals surface area contributed by atoms with Gasteiger partial charge in [0.25, 0.3) is 0 Å². The van der Waals surface area contributed by atoms with Crippen LogP contribution in [-0.2, 0) is 0 Å². The van der Waals surface area contributed by atoms with Crippen LogP contribution in [0.25, 0.3) is 5.03 Å². The zero-order valence-electron chi connectivity index (χ0n) is 10.6. The average Bonchev–Trinajstić information content (AvgIpc) is 2.34. The molecule has 0 aromatic heterocycles. The number of halogens is 2. The number of methoxy groups -OCH3 is 2. The molecule has 0 bridgehead atoms. The SMILES string of the molecule is COc1cc2c(cc1OC)C(Cl)=C(Cl)C(C)(C)O2. The van der Waals surface area contributed by atoms with Crippen molar-refractivity contribution < 1.29 is 14.2 Å². The van der Waals surface area contributed by atoms with E-state index in [1.807, 2.05) is 13.8 Å². The second-order valence-corrected chi connectivity index (χ2v) is 5.20. The molecule has 0 fully saturated rings. The first-order valence-electron chi connectivity index (χ1n) is 5.42. The molecule has 1 heterocycles. The molecule has 0 atom stereocenters. The minimum atomic E-state index is -0.648. The quantitative estimate of drug-likeness (QED) is 0.823. The fourth-order valence-corrected chi connectivity index (χ4v) is 2.33. The Balaban J connectivity index is 2.65. The Morgan fingerprint density at radius 3 is 2.17 bits per heavy atom. The van der Waals surface area contributed by atoms with Gasteiger partial charge in [0.1, 0.15) is 11.4 Å². The van der Waals surface area contributed by atoms with Gasteiger partial charge in [0.05, 0.1) is 24.3 Å². The van der Waals surface area contributed by atoms with Crippen molar-refractivity contribution in [3.05, 3.63) is 22.7 Å². The fraction of sp³-hybridized carbons (Fsp3) is 0.385. The van der Waals surface area contributed by atoms with Crippen molar-refractivity contribution in [1.29, 1.82) is 0 Å². The summed E-state index contributed by atoms with van der Waals surface area (Å²) >= 11 is 12.5. The number of ether oxygens (including phenoxy) is 3. The Hall–Kier alpha value is -1.06. The van der Waals surface area contributed by atoms with Crippen molar-refractivity contribution >= 4 is 28.2 Å². The number of hydrogen-bond donors (Lipinski definition) is 0.